The number of hydrogen-bond donors (Lipinski definition) is 1. The molecule has 1 N–H and O–H groups in total. The molecule has 2 amide bonds. The highest BCUT2D eigenvalue weighted by atomic mass is 32.1. The molecular weight excluding hydrogens is 310 g/mol. The number of carbonyl (C=O) groups excluding carboxylic acids is 2. The largest absolute Gasteiger partial charge is 0.354 e. The first-order chi connectivity index (χ1) is 11.0. The first kappa shape index (κ1) is 17.9. The molecule has 1 fully saturated rings. The fraction of sp³-hybridized carbons (Fsp3) is 0.647. The predicted molar refractivity (Wildman–Crippen MR) is 93.7 cm³/mol. The molecule has 0 spiro atoms. The Labute approximate surface area is 142 Å². The fourth-order valence-corrected chi connectivity index (χ4v) is 3.64. The summed E-state index contributed by atoms with van der Waals surface area (Å²) in [5.74, 6) is 0.325. The van der Waals surface area contributed by atoms with E-state index in [1.54, 1.807) is 13.1 Å². The van der Waals surface area contributed by atoms with Crippen molar-refractivity contribution in [2.45, 2.75) is 32.7 Å². The lowest BCUT2D eigenvalue weighted by Gasteiger charge is -2.35. The molecule has 1 atom stereocenters. The Morgan fingerprint density at radius 2 is 2.26 bits per heavy atom. The van der Waals surface area contributed by atoms with Gasteiger partial charge in [0, 0.05) is 26.2 Å². The third kappa shape index (κ3) is 5.32. The van der Waals surface area contributed by atoms with Crippen LogP contribution in [0.2, 0.25) is 0 Å². The second kappa shape index (κ2) is 8.45. The van der Waals surface area contributed by atoms with Crippen LogP contribution in [0.1, 0.15) is 36.4 Å². The summed E-state index contributed by atoms with van der Waals surface area (Å²) >= 11 is 1.40. The van der Waals surface area contributed by atoms with E-state index in [-0.39, 0.29) is 18.4 Å². The van der Waals surface area contributed by atoms with E-state index in [4.69, 9.17) is 0 Å². The number of carbonyl (C=O) groups is 2. The van der Waals surface area contributed by atoms with Crippen LogP contribution in [0.15, 0.2) is 17.5 Å². The number of piperidine rings is 1. The maximum absolute atomic E-state index is 12.1. The summed E-state index contributed by atoms with van der Waals surface area (Å²) in [5.41, 5.74) is 0. The second-order valence-corrected chi connectivity index (χ2v) is 7.49. The molecule has 128 valence electrons. The molecule has 1 aliphatic rings. The molecule has 0 bridgehead atoms. The Kier molecular flexibility index (Phi) is 6.59. The predicted octanol–water partition coefficient (Wildman–Crippen LogP) is 2.06. The zero-order valence-electron chi connectivity index (χ0n) is 14.2. The van der Waals surface area contributed by atoms with E-state index < -0.39 is 0 Å². The molecule has 0 saturated carbocycles. The van der Waals surface area contributed by atoms with Gasteiger partial charge in [0.25, 0.3) is 5.91 Å². The maximum Gasteiger partial charge on any atom is 0.264 e. The lowest BCUT2D eigenvalue weighted by atomic mass is 9.97. The average molecular weight is 337 g/mol. The molecule has 23 heavy (non-hydrogen) atoms. The highest BCUT2D eigenvalue weighted by molar-refractivity contribution is 7.12. The van der Waals surface area contributed by atoms with E-state index in [1.807, 2.05) is 11.4 Å². The van der Waals surface area contributed by atoms with Gasteiger partial charge >= 0.3 is 0 Å². The SMILES string of the molecule is CC(C)N1CCCC(CNC(=O)CN(C)C(=O)c2cccs2)C1. The van der Waals surface area contributed by atoms with Gasteiger partial charge in [0.05, 0.1) is 11.4 Å². The lowest BCUT2D eigenvalue weighted by Crippen LogP contribution is -2.45. The van der Waals surface area contributed by atoms with E-state index in [9.17, 15) is 9.59 Å². The standard InChI is InChI=1S/C17H27N3O2S/c1-13(2)20-8-4-6-14(11-20)10-18-16(21)12-19(3)17(22)15-7-5-9-23-15/h5,7,9,13-14H,4,6,8,10-12H2,1-3H3,(H,18,21). The van der Waals surface area contributed by atoms with Crippen LogP contribution in [0.3, 0.4) is 0 Å². The van der Waals surface area contributed by atoms with Crippen molar-refractivity contribution in [3.63, 3.8) is 0 Å². The molecule has 1 aromatic heterocycles. The summed E-state index contributed by atoms with van der Waals surface area (Å²) in [4.78, 5) is 28.8. The van der Waals surface area contributed by atoms with Crippen molar-refractivity contribution < 1.29 is 9.59 Å². The van der Waals surface area contributed by atoms with Gasteiger partial charge in [-0.3, -0.25) is 9.59 Å². The Morgan fingerprint density at radius 1 is 1.48 bits per heavy atom. The number of likely N-dealkylation sites (tertiary alicyclic amines) is 1. The van der Waals surface area contributed by atoms with Gasteiger partial charge in [0.2, 0.25) is 5.91 Å². The van der Waals surface area contributed by atoms with Crippen molar-refractivity contribution in [1.82, 2.24) is 15.1 Å². The number of nitrogens with zero attached hydrogens (tertiary/aromatic N) is 2. The molecule has 1 saturated heterocycles. The normalized spacial score (nSPS) is 18.9. The number of nitrogens with one attached hydrogen (secondary N) is 1. The summed E-state index contributed by atoms with van der Waals surface area (Å²) < 4.78 is 0. The van der Waals surface area contributed by atoms with Gasteiger partial charge in [-0.2, -0.15) is 0 Å². The highest BCUT2D eigenvalue weighted by Gasteiger charge is 2.22. The van der Waals surface area contributed by atoms with Gasteiger partial charge in [0.1, 0.15) is 0 Å². The van der Waals surface area contributed by atoms with Crippen LogP contribution >= 0.6 is 11.3 Å². The number of amides is 2. The third-order valence-electron chi connectivity index (χ3n) is 4.33. The van der Waals surface area contributed by atoms with Crippen molar-refractivity contribution >= 4 is 23.2 Å². The molecule has 1 aromatic rings. The average Bonchev–Trinajstić information content (AvgIpc) is 3.06. The molecule has 0 aromatic carbocycles. The fourth-order valence-electron chi connectivity index (χ4n) is 2.92. The summed E-state index contributed by atoms with van der Waals surface area (Å²) in [6.45, 7) is 7.43. The molecule has 1 unspecified atom stereocenters. The van der Waals surface area contributed by atoms with Crippen molar-refractivity contribution in [2.75, 3.05) is 33.2 Å². The maximum atomic E-state index is 12.1. The van der Waals surface area contributed by atoms with Gasteiger partial charge in [0.15, 0.2) is 0 Å². The van der Waals surface area contributed by atoms with Crippen LogP contribution in [-0.4, -0.2) is 60.9 Å². The summed E-state index contributed by atoms with van der Waals surface area (Å²) in [6.07, 6.45) is 2.35. The molecule has 0 radical (unpaired) electrons. The van der Waals surface area contributed by atoms with E-state index in [0.29, 0.717) is 23.4 Å². The minimum absolute atomic E-state index is 0.0842. The molecule has 5 nitrogen and oxygen atoms in total. The Bertz CT molecular complexity index is 516. The van der Waals surface area contributed by atoms with Gasteiger partial charge in [-0.15, -0.1) is 11.3 Å². The molecule has 2 rings (SSSR count). The lowest BCUT2D eigenvalue weighted by molar-refractivity contribution is -0.121. The molecule has 6 heteroatoms. The minimum Gasteiger partial charge on any atom is -0.354 e. The van der Waals surface area contributed by atoms with Crippen molar-refractivity contribution in [3.05, 3.63) is 22.4 Å². The summed E-state index contributed by atoms with van der Waals surface area (Å²) in [6, 6.07) is 4.18. The van der Waals surface area contributed by atoms with Crippen molar-refractivity contribution in [2.24, 2.45) is 5.92 Å². The Morgan fingerprint density at radius 3 is 2.91 bits per heavy atom. The first-order valence-electron chi connectivity index (χ1n) is 8.27. The minimum atomic E-state index is -0.0983. The first-order valence-corrected chi connectivity index (χ1v) is 9.15. The van der Waals surface area contributed by atoms with E-state index >= 15 is 0 Å². The van der Waals surface area contributed by atoms with Crippen LogP contribution < -0.4 is 5.32 Å². The number of likely N-dealkylation sites (N-methyl/N-ethyl adjacent to an activating group) is 1. The number of hydrogen-bond acceptors (Lipinski definition) is 4. The van der Waals surface area contributed by atoms with E-state index in [1.165, 1.54) is 22.7 Å². The van der Waals surface area contributed by atoms with Crippen LogP contribution in [0.5, 0.6) is 0 Å². The molecule has 0 aliphatic carbocycles. The molecule has 1 aliphatic heterocycles. The quantitative estimate of drug-likeness (QED) is 0.864. The van der Waals surface area contributed by atoms with Crippen molar-refractivity contribution in [3.8, 4) is 0 Å². The van der Waals surface area contributed by atoms with Crippen LogP contribution in [0.4, 0.5) is 0 Å². The van der Waals surface area contributed by atoms with E-state index in [0.717, 1.165) is 19.5 Å². The van der Waals surface area contributed by atoms with Gasteiger partial charge in [-0.05, 0) is 50.6 Å². The van der Waals surface area contributed by atoms with E-state index in [2.05, 4.69) is 24.1 Å². The Hall–Kier alpha value is -1.40. The summed E-state index contributed by atoms with van der Waals surface area (Å²) in [7, 11) is 1.67. The van der Waals surface area contributed by atoms with Crippen molar-refractivity contribution in [1.29, 1.82) is 0 Å². The zero-order chi connectivity index (χ0) is 16.8. The molecule has 2 heterocycles. The van der Waals surface area contributed by atoms with Crippen LogP contribution in [0.25, 0.3) is 0 Å². The van der Waals surface area contributed by atoms with Gasteiger partial charge < -0.3 is 15.1 Å². The number of thiophene rings is 1. The second-order valence-electron chi connectivity index (χ2n) is 6.54. The topological polar surface area (TPSA) is 52.7 Å². The Balaban J connectivity index is 1.73. The van der Waals surface area contributed by atoms with Gasteiger partial charge in [-0.25, -0.2) is 0 Å². The third-order valence-corrected chi connectivity index (χ3v) is 5.19. The summed E-state index contributed by atoms with van der Waals surface area (Å²) in [5, 5.41) is 4.85. The zero-order valence-corrected chi connectivity index (χ0v) is 15.1. The monoisotopic (exact) mass is 337 g/mol. The number of rotatable bonds is 6. The van der Waals surface area contributed by atoms with Crippen LogP contribution in [0, 0.1) is 5.92 Å². The smallest absolute Gasteiger partial charge is 0.264 e. The van der Waals surface area contributed by atoms with Gasteiger partial charge in [-0.1, -0.05) is 6.07 Å². The highest BCUT2D eigenvalue weighted by Crippen LogP contribution is 2.17. The van der Waals surface area contributed by atoms with Crippen LogP contribution in [-0.2, 0) is 4.79 Å². The molecular formula is C17H27N3O2S.